The largest absolute Gasteiger partial charge is 0.298 e. The first kappa shape index (κ1) is 18.7. The van der Waals surface area contributed by atoms with Gasteiger partial charge >= 0.3 is 0 Å². The second kappa shape index (κ2) is 7.42. The maximum absolute atomic E-state index is 12.7. The van der Waals surface area contributed by atoms with Gasteiger partial charge in [0, 0.05) is 5.38 Å². The lowest BCUT2D eigenvalue weighted by Crippen LogP contribution is -2.17. The second-order valence-corrected chi connectivity index (χ2v) is 10.0. The summed E-state index contributed by atoms with van der Waals surface area (Å²) in [5, 5.41) is 5.68. The molecule has 2 aromatic heterocycles. The van der Waals surface area contributed by atoms with Gasteiger partial charge in [-0.25, -0.2) is 18.4 Å². The molecule has 0 atom stereocenters. The van der Waals surface area contributed by atoms with Crippen molar-refractivity contribution in [2.75, 3.05) is 11.1 Å². The number of aromatic nitrogens is 2. The maximum Gasteiger partial charge on any atom is 0.258 e. The highest BCUT2D eigenvalue weighted by Crippen LogP contribution is 2.32. The molecule has 4 aromatic rings. The minimum Gasteiger partial charge on any atom is -0.298 e. The number of fused-ring (bicyclic) bond motifs is 1. The summed E-state index contributed by atoms with van der Waals surface area (Å²) >= 11 is 2.80. The predicted molar refractivity (Wildman–Crippen MR) is 113 cm³/mol. The molecule has 0 saturated carbocycles. The Balaban J connectivity index is 1.60. The summed E-state index contributed by atoms with van der Waals surface area (Å²) in [4.78, 5) is 21.7. The van der Waals surface area contributed by atoms with Crippen LogP contribution in [0.15, 0.2) is 58.8 Å². The fraction of sp³-hybridized carbons (Fsp3) is 0.105. The molecule has 0 radical (unpaired) electrons. The number of hydrogen-bond donors (Lipinski definition) is 1. The van der Waals surface area contributed by atoms with Crippen molar-refractivity contribution in [3.63, 3.8) is 0 Å². The third-order valence-corrected chi connectivity index (χ3v) is 7.69. The Morgan fingerprint density at radius 3 is 2.61 bits per heavy atom. The van der Waals surface area contributed by atoms with Crippen LogP contribution in [0.3, 0.4) is 0 Å². The van der Waals surface area contributed by atoms with Crippen LogP contribution in [0, 0.1) is 0 Å². The molecule has 142 valence electrons. The Hall–Kier alpha value is -2.62. The second-order valence-electron chi connectivity index (χ2n) is 5.88. The van der Waals surface area contributed by atoms with Crippen molar-refractivity contribution in [3.8, 4) is 10.7 Å². The molecule has 0 unspecified atom stereocenters. The van der Waals surface area contributed by atoms with Crippen molar-refractivity contribution in [3.05, 3.63) is 59.5 Å². The number of thiazole rings is 2. The summed E-state index contributed by atoms with van der Waals surface area (Å²) in [7, 11) is -3.50. The van der Waals surface area contributed by atoms with Gasteiger partial charge in [0.1, 0.15) is 10.7 Å². The number of amides is 1. The molecule has 0 fully saturated rings. The fourth-order valence-electron chi connectivity index (χ4n) is 2.66. The normalized spacial score (nSPS) is 11.6. The lowest BCUT2D eigenvalue weighted by atomic mass is 10.2. The minimum absolute atomic E-state index is 0.0259. The van der Waals surface area contributed by atoms with Crippen molar-refractivity contribution < 1.29 is 13.2 Å². The first-order valence-corrected chi connectivity index (χ1v) is 11.8. The summed E-state index contributed by atoms with van der Waals surface area (Å²) in [6.07, 6.45) is 0. The molecule has 4 rings (SSSR count). The van der Waals surface area contributed by atoms with Crippen LogP contribution in [0.4, 0.5) is 5.13 Å². The molecule has 9 heteroatoms. The van der Waals surface area contributed by atoms with Gasteiger partial charge in [-0.1, -0.05) is 31.2 Å². The topological polar surface area (TPSA) is 89.0 Å². The molecule has 0 aliphatic carbocycles. The highest BCUT2D eigenvalue weighted by molar-refractivity contribution is 7.91. The molecule has 1 amide bonds. The van der Waals surface area contributed by atoms with E-state index in [0.29, 0.717) is 10.8 Å². The Morgan fingerprint density at radius 2 is 1.82 bits per heavy atom. The summed E-state index contributed by atoms with van der Waals surface area (Å²) in [6, 6.07) is 14.0. The molecule has 0 spiro atoms. The molecule has 28 heavy (non-hydrogen) atoms. The maximum atomic E-state index is 12.7. The molecular formula is C19H15N3O3S3. The predicted octanol–water partition coefficient (Wildman–Crippen LogP) is 4.47. The SMILES string of the molecule is CCS(=O)(=O)c1ccccc1C(=O)Nc1nc(-c2nc3ccccc3s2)cs1. The fourth-order valence-corrected chi connectivity index (χ4v) is 5.44. The molecule has 0 bridgehead atoms. The Morgan fingerprint density at radius 1 is 1.07 bits per heavy atom. The van der Waals surface area contributed by atoms with Gasteiger partial charge in [-0.3, -0.25) is 10.1 Å². The summed E-state index contributed by atoms with van der Waals surface area (Å²) in [5.74, 6) is -0.575. The smallest absolute Gasteiger partial charge is 0.258 e. The average molecular weight is 430 g/mol. The molecule has 0 aliphatic heterocycles. The van der Waals surface area contributed by atoms with E-state index < -0.39 is 15.7 Å². The summed E-state index contributed by atoms with van der Waals surface area (Å²) in [6.45, 7) is 1.55. The third-order valence-electron chi connectivity index (χ3n) is 4.08. The van der Waals surface area contributed by atoms with Crippen LogP contribution in [0.5, 0.6) is 0 Å². The highest BCUT2D eigenvalue weighted by atomic mass is 32.2. The Bertz CT molecular complexity index is 1240. The number of benzene rings is 2. The van der Waals surface area contributed by atoms with E-state index in [1.54, 1.807) is 19.1 Å². The number of nitrogens with zero attached hydrogens (tertiary/aromatic N) is 2. The van der Waals surface area contributed by atoms with Gasteiger partial charge in [-0.05, 0) is 24.3 Å². The van der Waals surface area contributed by atoms with Gasteiger partial charge in [0.15, 0.2) is 15.0 Å². The van der Waals surface area contributed by atoms with Crippen molar-refractivity contribution in [2.24, 2.45) is 0 Å². The van der Waals surface area contributed by atoms with Gasteiger partial charge in [0.25, 0.3) is 5.91 Å². The monoisotopic (exact) mass is 429 g/mol. The van der Waals surface area contributed by atoms with Crippen LogP contribution in [-0.2, 0) is 9.84 Å². The summed E-state index contributed by atoms with van der Waals surface area (Å²) in [5.41, 5.74) is 1.69. The van der Waals surface area contributed by atoms with Crippen LogP contribution in [0.1, 0.15) is 17.3 Å². The average Bonchev–Trinajstić information content (AvgIpc) is 3.34. The lowest BCUT2D eigenvalue weighted by molar-refractivity contribution is 0.102. The van der Waals surface area contributed by atoms with Crippen molar-refractivity contribution in [1.29, 1.82) is 0 Å². The van der Waals surface area contributed by atoms with Crippen molar-refractivity contribution in [1.82, 2.24) is 9.97 Å². The van der Waals surface area contributed by atoms with E-state index >= 15 is 0 Å². The van der Waals surface area contributed by atoms with Crippen LogP contribution >= 0.6 is 22.7 Å². The number of rotatable bonds is 5. The van der Waals surface area contributed by atoms with Crippen LogP contribution in [-0.4, -0.2) is 30.0 Å². The van der Waals surface area contributed by atoms with E-state index in [4.69, 9.17) is 0 Å². The number of anilines is 1. The number of nitrogens with one attached hydrogen (secondary N) is 1. The molecule has 1 N–H and O–H groups in total. The highest BCUT2D eigenvalue weighted by Gasteiger charge is 2.21. The van der Waals surface area contributed by atoms with E-state index in [0.717, 1.165) is 15.2 Å². The van der Waals surface area contributed by atoms with Crippen LogP contribution < -0.4 is 5.32 Å². The van der Waals surface area contributed by atoms with Crippen LogP contribution in [0.25, 0.3) is 20.9 Å². The number of para-hydroxylation sites is 1. The van der Waals surface area contributed by atoms with Gasteiger partial charge < -0.3 is 0 Å². The molecule has 6 nitrogen and oxygen atoms in total. The first-order valence-electron chi connectivity index (χ1n) is 8.42. The molecule has 0 aliphatic rings. The van der Waals surface area contributed by atoms with Crippen molar-refractivity contribution in [2.45, 2.75) is 11.8 Å². The zero-order chi connectivity index (χ0) is 19.7. The number of carbonyl (C=O) groups is 1. The van der Waals surface area contributed by atoms with E-state index in [-0.39, 0.29) is 16.2 Å². The summed E-state index contributed by atoms with van der Waals surface area (Å²) < 4.78 is 25.6. The molecule has 2 aromatic carbocycles. The van der Waals surface area contributed by atoms with Crippen LogP contribution in [0.2, 0.25) is 0 Å². The first-order chi connectivity index (χ1) is 13.5. The quantitative estimate of drug-likeness (QED) is 0.506. The van der Waals surface area contributed by atoms with Gasteiger partial charge in [-0.15, -0.1) is 22.7 Å². The number of hydrogen-bond acceptors (Lipinski definition) is 7. The number of sulfone groups is 1. The van der Waals surface area contributed by atoms with E-state index in [1.165, 1.54) is 34.8 Å². The van der Waals surface area contributed by atoms with E-state index in [1.807, 2.05) is 29.6 Å². The zero-order valence-electron chi connectivity index (χ0n) is 14.7. The van der Waals surface area contributed by atoms with Gasteiger partial charge in [0.2, 0.25) is 0 Å². The number of carbonyl (C=O) groups excluding carboxylic acids is 1. The third kappa shape index (κ3) is 3.56. The standard InChI is InChI=1S/C19H15N3O3S3/c1-2-28(24,25)16-10-6-3-7-12(16)17(23)22-19-21-14(11-26-19)18-20-13-8-4-5-9-15(13)27-18/h3-11H,2H2,1H3,(H,21,22,23). The lowest BCUT2D eigenvalue weighted by Gasteiger charge is -2.08. The van der Waals surface area contributed by atoms with Gasteiger partial charge in [0.05, 0.1) is 26.4 Å². The minimum atomic E-state index is -3.50. The van der Waals surface area contributed by atoms with E-state index in [2.05, 4.69) is 15.3 Å². The molecule has 0 saturated heterocycles. The van der Waals surface area contributed by atoms with E-state index in [9.17, 15) is 13.2 Å². The Labute approximate surface area is 169 Å². The molecule has 2 heterocycles. The van der Waals surface area contributed by atoms with Crippen molar-refractivity contribution >= 4 is 53.8 Å². The zero-order valence-corrected chi connectivity index (χ0v) is 17.2. The molecular weight excluding hydrogens is 414 g/mol. The Kier molecular flexibility index (Phi) is 4.96. The van der Waals surface area contributed by atoms with Gasteiger partial charge in [-0.2, -0.15) is 0 Å².